The van der Waals surface area contributed by atoms with Crippen molar-refractivity contribution in [1.82, 2.24) is 5.32 Å². The predicted molar refractivity (Wildman–Crippen MR) is 121 cm³/mol. The summed E-state index contributed by atoms with van der Waals surface area (Å²) in [6, 6.07) is 19.8. The number of alkyl carbamates (subject to hydrolysis) is 1. The molecule has 0 spiro atoms. The van der Waals surface area contributed by atoms with Gasteiger partial charge in [0, 0.05) is 12.5 Å². The highest BCUT2D eigenvalue weighted by Crippen LogP contribution is 2.44. The topological polar surface area (TPSA) is 99.0 Å². The van der Waals surface area contributed by atoms with Crippen molar-refractivity contribution in [2.75, 3.05) is 13.2 Å². The summed E-state index contributed by atoms with van der Waals surface area (Å²) in [5.41, 5.74) is 4.97. The van der Waals surface area contributed by atoms with Crippen LogP contribution in [0.4, 0.5) is 9.18 Å². The molecule has 1 amide bonds. The SMILES string of the molecule is O=C(NCCC(O)C(O)c1cc(F)cc(CO)c1)OCC1c2ccccc2-c2ccccc21. The summed E-state index contributed by atoms with van der Waals surface area (Å²) < 4.78 is 19.1. The van der Waals surface area contributed by atoms with E-state index in [0.717, 1.165) is 34.4 Å². The average Bonchev–Trinajstić information content (AvgIpc) is 3.15. The molecule has 4 N–H and O–H groups in total. The molecule has 0 bridgehead atoms. The fraction of sp³-hybridized carbons (Fsp3) is 0.269. The summed E-state index contributed by atoms with van der Waals surface area (Å²) in [5, 5.41) is 32.3. The van der Waals surface area contributed by atoms with Crippen molar-refractivity contribution in [3.8, 4) is 11.1 Å². The molecule has 0 saturated heterocycles. The van der Waals surface area contributed by atoms with Crippen molar-refractivity contribution in [2.45, 2.75) is 31.2 Å². The number of nitrogens with one attached hydrogen (secondary N) is 1. The van der Waals surface area contributed by atoms with Crippen molar-refractivity contribution in [3.05, 3.63) is 94.8 Å². The van der Waals surface area contributed by atoms with Gasteiger partial charge in [-0.15, -0.1) is 0 Å². The summed E-state index contributed by atoms with van der Waals surface area (Å²) in [6.45, 7) is -0.133. The molecule has 6 nitrogen and oxygen atoms in total. The van der Waals surface area contributed by atoms with E-state index in [1.54, 1.807) is 0 Å². The van der Waals surface area contributed by atoms with Crippen LogP contribution in [0.5, 0.6) is 0 Å². The molecule has 7 heteroatoms. The number of carbonyl (C=O) groups is 1. The summed E-state index contributed by atoms with van der Waals surface area (Å²) >= 11 is 0. The molecule has 1 aliphatic rings. The second-order valence-corrected chi connectivity index (χ2v) is 8.10. The molecule has 0 heterocycles. The van der Waals surface area contributed by atoms with Crippen molar-refractivity contribution < 1.29 is 29.2 Å². The van der Waals surface area contributed by atoms with Crippen molar-refractivity contribution >= 4 is 6.09 Å². The van der Waals surface area contributed by atoms with Gasteiger partial charge in [-0.05, 0) is 51.9 Å². The molecule has 1 aliphatic carbocycles. The largest absolute Gasteiger partial charge is 0.449 e. The van der Waals surface area contributed by atoms with E-state index in [0.29, 0.717) is 5.56 Å². The Morgan fingerprint density at radius 1 is 1.00 bits per heavy atom. The molecule has 0 aromatic heterocycles. The number of aliphatic hydroxyl groups excluding tert-OH is 3. The number of benzene rings is 3. The molecule has 172 valence electrons. The zero-order chi connectivity index (χ0) is 23.4. The quantitative estimate of drug-likeness (QED) is 0.419. The van der Waals surface area contributed by atoms with Crippen LogP contribution in [0.25, 0.3) is 11.1 Å². The molecule has 4 rings (SSSR count). The van der Waals surface area contributed by atoms with Gasteiger partial charge in [-0.3, -0.25) is 0 Å². The first-order valence-corrected chi connectivity index (χ1v) is 10.8. The molecular formula is C26H26FNO5. The van der Waals surface area contributed by atoms with E-state index < -0.39 is 24.1 Å². The number of rotatable bonds is 8. The van der Waals surface area contributed by atoms with E-state index >= 15 is 0 Å². The third-order valence-electron chi connectivity index (χ3n) is 5.92. The van der Waals surface area contributed by atoms with Crippen LogP contribution >= 0.6 is 0 Å². The average molecular weight is 451 g/mol. The highest BCUT2D eigenvalue weighted by atomic mass is 19.1. The predicted octanol–water partition coefficient (Wildman–Crippen LogP) is 3.64. The summed E-state index contributed by atoms with van der Waals surface area (Å²) in [5.74, 6) is -0.663. The summed E-state index contributed by atoms with van der Waals surface area (Å²) in [4.78, 5) is 12.2. The first-order valence-electron chi connectivity index (χ1n) is 10.8. The number of ether oxygens (including phenoxy) is 1. The van der Waals surface area contributed by atoms with Gasteiger partial charge in [-0.2, -0.15) is 0 Å². The Morgan fingerprint density at radius 3 is 2.27 bits per heavy atom. The van der Waals surface area contributed by atoms with Gasteiger partial charge in [0.1, 0.15) is 18.5 Å². The van der Waals surface area contributed by atoms with Gasteiger partial charge in [0.25, 0.3) is 0 Å². The number of halogens is 1. The van der Waals surface area contributed by atoms with Crippen LogP contribution in [-0.2, 0) is 11.3 Å². The van der Waals surface area contributed by atoms with Gasteiger partial charge in [0.15, 0.2) is 0 Å². The Labute approximate surface area is 191 Å². The Balaban J connectivity index is 1.29. The van der Waals surface area contributed by atoms with Gasteiger partial charge in [-0.1, -0.05) is 54.6 Å². The van der Waals surface area contributed by atoms with E-state index in [2.05, 4.69) is 17.4 Å². The van der Waals surface area contributed by atoms with Crippen molar-refractivity contribution in [2.24, 2.45) is 0 Å². The van der Waals surface area contributed by atoms with Crippen LogP contribution in [0.1, 0.15) is 40.7 Å². The highest BCUT2D eigenvalue weighted by Gasteiger charge is 2.29. The van der Waals surface area contributed by atoms with Crippen LogP contribution in [0.2, 0.25) is 0 Å². The summed E-state index contributed by atoms with van der Waals surface area (Å²) in [6.07, 6.45) is -3.16. The van der Waals surface area contributed by atoms with Crippen LogP contribution in [0.15, 0.2) is 66.7 Å². The molecule has 0 radical (unpaired) electrons. The standard InChI is InChI=1S/C26H26FNO5/c27-18-12-16(14-29)11-17(13-18)25(31)24(30)9-10-28-26(32)33-15-23-21-7-3-1-5-19(21)20-6-2-4-8-22(20)23/h1-8,11-13,23-25,29-31H,9-10,14-15H2,(H,28,32). The van der Waals surface area contributed by atoms with Gasteiger partial charge in [0.05, 0.1) is 12.7 Å². The number of aliphatic hydroxyl groups is 3. The molecule has 33 heavy (non-hydrogen) atoms. The number of hydrogen-bond acceptors (Lipinski definition) is 5. The third kappa shape index (κ3) is 5.06. The van der Waals surface area contributed by atoms with Gasteiger partial charge in [0.2, 0.25) is 0 Å². The molecule has 0 aliphatic heterocycles. The van der Waals surface area contributed by atoms with Crippen LogP contribution in [0, 0.1) is 5.82 Å². The molecule has 0 saturated carbocycles. The molecular weight excluding hydrogens is 425 g/mol. The third-order valence-corrected chi connectivity index (χ3v) is 5.92. The van der Waals surface area contributed by atoms with Gasteiger partial charge in [-0.25, -0.2) is 9.18 Å². The van der Waals surface area contributed by atoms with E-state index in [1.165, 1.54) is 6.07 Å². The first-order chi connectivity index (χ1) is 16.0. The van der Waals surface area contributed by atoms with Crippen molar-refractivity contribution in [1.29, 1.82) is 0 Å². The minimum atomic E-state index is -1.35. The fourth-order valence-electron chi connectivity index (χ4n) is 4.29. The molecule has 3 aromatic carbocycles. The van der Waals surface area contributed by atoms with Crippen LogP contribution in [0.3, 0.4) is 0 Å². The lowest BCUT2D eigenvalue weighted by Crippen LogP contribution is -2.30. The summed E-state index contributed by atoms with van der Waals surface area (Å²) in [7, 11) is 0. The zero-order valence-electron chi connectivity index (χ0n) is 17.9. The van der Waals surface area contributed by atoms with E-state index in [9.17, 15) is 24.5 Å². The lowest BCUT2D eigenvalue weighted by atomic mass is 9.98. The van der Waals surface area contributed by atoms with E-state index in [4.69, 9.17) is 4.74 Å². The normalized spacial score (nSPS) is 14.3. The fourth-order valence-corrected chi connectivity index (χ4v) is 4.29. The zero-order valence-corrected chi connectivity index (χ0v) is 17.9. The molecule has 3 aromatic rings. The Bertz CT molecular complexity index is 1090. The second-order valence-electron chi connectivity index (χ2n) is 8.10. The highest BCUT2D eigenvalue weighted by molar-refractivity contribution is 5.79. The number of hydrogen-bond donors (Lipinski definition) is 4. The van der Waals surface area contributed by atoms with Crippen LogP contribution < -0.4 is 5.32 Å². The number of amides is 1. The Hall–Kier alpha value is -3.26. The Morgan fingerprint density at radius 2 is 1.64 bits per heavy atom. The molecule has 2 atom stereocenters. The Kier molecular flexibility index (Phi) is 7.03. The smallest absolute Gasteiger partial charge is 0.407 e. The molecule has 2 unspecified atom stereocenters. The lowest BCUT2D eigenvalue weighted by Gasteiger charge is -2.19. The minimum absolute atomic E-state index is 0.0380. The number of carbonyl (C=O) groups excluding carboxylic acids is 1. The van der Waals surface area contributed by atoms with E-state index in [-0.39, 0.29) is 37.7 Å². The number of fused-ring (bicyclic) bond motifs is 3. The van der Waals surface area contributed by atoms with Crippen LogP contribution in [-0.4, -0.2) is 40.7 Å². The van der Waals surface area contributed by atoms with Gasteiger partial charge >= 0.3 is 6.09 Å². The maximum absolute atomic E-state index is 13.6. The van der Waals surface area contributed by atoms with E-state index in [1.807, 2.05) is 36.4 Å². The second kappa shape index (κ2) is 10.1. The maximum Gasteiger partial charge on any atom is 0.407 e. The van der Waals surface area contributed by atoms with Crippen molar-refractivity contribution in [3.63, 3.8) is 0 Å². The molecule has 0 fully saturated rings. The minimum Gasteiger partial charge on any atom is -0.449 e. The first kappa shape index (κ1) is 22.9. The van der Waals surface area contributed by atoms with Gasteiger partial charge < -0.3 is 25.4 Å². The monoisotopic (exact) mass is 451 g/mol. The lowest BCUT2D eigenvalue weighted by molar-refractivity contribution is 0.0134. The maximum atomic E-state index is 13.6.